The third kappa shape index (κ3) is 3.78. The van der Waals surface area contributed by atoms with Crippen LogP contribution in [0.2, 0.25) is 0 Å². The zero-order chi connectivity index (χ0) is 13.7. The summed E-state index contributed by atoms with van der Waals surface area (Å²) < 4.78 is 4.93. The van der Waals surface area contributed by atoms with E-state index in [4.69, 9.17) is 9.84 Å². The van der Waals surface area contributed by atoms with Crippen LogP contribution in [0.4, 0.5) is 0 Å². The van der Waals surface area contributed by atoms with Crippen LogP contribution in [0, 0.1) is 0 Å². The van der Waals surface area contributed by atoms with Crippen LogP contribution in [-0.2, 0) is 4.79 Å². The van der Waals surface area contributed by atoms with E-state index in [1.807, 2.05) is 0 Å². The average Bonchev–Trinajstić information content (AvgIpc) is 2.29. The number of benzene rings is 1. The number of aliphatic hydroxyl groups is 1. The number of aliphatic hydroxyl groups excluding tert-OH is 1. The number of methoxy groups -OCH3 is 1. The molecule has 5 nitrogen and oxygen atoms in total. The summed E-state index contributed by atoms with van der Waals surface area (Å²) in [4.78, 5) is 11.0. The van der Waals surface area contributed by atoms with Crippen molar-refractivity contribution in [1.82, 2.24) is 0 Å². The molecule has 0 spiro atoms. The normalized spacial score (nSPS) is 13.2. The summed E-state index contributed by atoms with van der Waals surface area (Å²) in [5, 5.41) is 27.7. The number of carboxylic acids is 1. The van der Waals surface area contributed by atoms with E-state index in [-0.39, 0.29) is 23.5 Å². The number of aliphatic carboxylic acids is 1. The number of ether oxygens (including phenoxy) is 1. The fourth-order valence-electron chi connectivity index (χ4n) is 1.51. The van der Waals surface area contributed by atoms with E-state index in [1.165, 1.54) is 32.2 Å². The number of hydrogen-bond donors (Lipinski definition) is 3. The number of carbonyl (C=O) groups is 1. The molecule has 0 bridgehead atoms. The lowest BCUT2D eigenvalue weighted by Gasteiger charge is -2.07. The van der Waals surface area contributed by atoms with E-state index in [1.54, 1.807) is 6.07 Å². The van der Waals surface area contributed by atoms with Gasteiger partial charge < -0.3 is 20.1 Å². The highest BCUT2D eigenvalue weighted by atomic mass is 16.5. The van der Waals surface area contributed by atoms with Gasteiger partial charge in [-0.1, -0.05) is 6.07 Å². The molecule has 0 saturated carbocycles. The van der Waals surface area contributed by atoms with Crippen molar-refractivity contribution in [1.29, 1.82) is 0 Å². The van der Waals surface area contributed by atoms with Crippen molar-refractivity contribution in [2.24, 2.45) is 0 Å². The zero-order valence-corrected chi connectivity index (χ0v) is 10.3. The van der Waals surface area contributed by atoms with Crippen LogP contribution < -0.4 is 4.74 Å². The minimum Gasteiger partial charge on any atom is -0.504 e. The molecule has 0 heterocycles. The molecular formula is C13H16O5. The van der Waals surface area contributed by atoms with Gasteiger partial charge in [0.25, 0.3) is 0 Å². The van der Waals surface area contributed by atoms with Gasteiger partial charge in [0.1, 0.15) is 0 Å². The van der Waals surface area contributed by atoms with Gasteiger partial charge in [-0.15, -0.1) is 0 Å². The third-order valence-corrected chi connectivity index (χ3v) is 2.33. The average molecular weight is 252 g/mol. The van der Waals surface area contributed by atoms with Crippen LogP contribution in [0.5, 0.6) is 11.5 Å². The molecule has 98 valence electrons. The van der Waals surface area contributed by atoms with Crippen molar-refractivity contribution >= 4 is 12.0 Å². The van der Waals surface area contributed by atoms with Crippen molar-refractivity contribution in [3.8, 4) is 11.5 Å². The quantitative estimate of drug-likeness (QED) is 0.693. The van der Waals surface area contributed by atoms with Gasteiger partial charge in [-0.05, 0) is 30.7 Å². The van der Waals surface area contributed by atoms with Gasteiger partial charge in [-0.25, -0.2) is 4.79 Å². The van der Waals surface area contributed by atoms with Crippen molar-refractivity contribution in [2.75, 3.05) is 7.11 Å². The molecule has 0 aliphatic rings. The summed E-state index contributed by atoms with van der Waals surface area (Å²) in [6.07, 6.45) is 0.765. The van der Waals surface area contributed by atoms with E-state index in [9.17, 15) is 15.0 Å². The van der Waals surface area contributed by atoms with Crippen molar-refractivity contribution in [3.63, 3.8) is 0 Å². The topological polar surface area (TPSA) is 87.0 Å². The van der Waals surface area contributed by atoms with Crippen LogP contribution in [0.25, 0.3) is 6.08 Å². The fourth-order valence-corrected chi connectivity index (χ4v) is 1.51. The first-order chi connectivity index (χ1) is 8.43. The second kappa shape index (κ2) is 6.07. The largest absolute Gasteiger partial charge is 0.504 e. The van der Waals surface area contributed by atoms with Crippen LogP contribution in [0.3, 0.4) is 0 Å². The summed E-state index contributed by atoms with van der Waals surface area (Å²) in [6.45, 7) is 1.52. The number of phenolic OH excluding ortho intramolecular Hbond substituents is 1. The molecule has 0 radical (unpaired) electrons. The standard InChI is InChI=1S/C13H16O5/c1-8(14)5-10(13(16)17)6-9-3-4-11(15)12(7-9)18-2/h3-4,6-8,14-15H,5H2,1-2H3,(H,16,17). The molecule has 1 atom stereocenters. The first-order valence-corrected chi connectivity index (χ1v) is 5.43. The second-order valence-corrected chi connectivity index (χ2v) is 3.96. The Morgan fingerprint density at radius 3 is 2.67 bits per heavy atom. The molecule has 0 saturated heterocycles. The van der Waals surface area contributed by atoms with Crippen LogP contribution in [0.15, 0.2) is 23.8 Å². The summed E-state index contributed by atoms with van der Waals surface area (Å²) in [7, 11) is 1.41. The van der Waals surface area contributed by atoms with Gasteiger partial charge in [0.15, 0.2) is 11.5 Å². The molecule has 0 aliphatic carbocycles. The minimum atomic E-state index is -1.08. The molecular weight excluding hydrogens is 236 g/mol. The first-order valence-electron chi connectivity index (χ1n) is 5.43. The molecule has 0 aliphatic heterocycles. The van der Waals surface area contributed by atoms with Gasteiger partial charge in [0.2, 0.25) is 0 Å². The third-order valence-electron chi connectivity index (χ3n) is 2.33. The fraction of sp³-hybridized carbons (Fsp3) is 0.308. The molecule has 1 unspecified atom stereocenters. The maximum Gasteiger partial charge on any atom is 0.331 e. The number of phenols is 1. The summed E-state index contributed by atoms with van der Waals surface area (Å²) in [6, 6.07) is 4.52. The van der Waals surface area contributed by atoms with E-state index in [0.717, 1.165) is 0 Å². The molecule has 1 rings (SSSR count). The zero-order valence-electron chi connectivity index (χ0n) is 10.3. The van der Waals surface area contributed by atoms with Crippen molar-refractivity contribution in [3.05, 3.63) is 29.3 Å². The Hall–Kier alpha value is -2.01. The lowest BCUT2D eigenvalue weighted by atomic mass is 10.1. The Kier molecular flexibility index (Phi) is 4.74. The lowest BCUT2D eigenvalue weighted by Crippen LogP contribution is -2.08. The predicted octanol–water partition coefficient (Wildman–Crippen LogP) is 1.64. The lowest BCUT2D eigenvalue weighted by molar-refractivity contribution is -0.132. The number of aromatic hydroxyl groups is 1. The maximum atomic E-state index is 11.0. The Morgan fingerprint density at radius 2 is 2.17 bits per heavy atom. The Bertz CT molecular complexity index is 462. The summed E-state index contributed by atoms with van der Waals surface area (Å²) in [5.41, 5.74) is 0.681. The maximum absolute atomic E-state index is 11.0. The van der Waals surface area contributed by atoms with E-state index in [0.29, 0.717) is 5.56 Å². The number of rotatable bonds is 5. The van der Waals surface area contributed by atoms with Gasteiger partial charge >= 0.3 is 5.97 Å². The van der Waals surface area contributed by atoms with E-state index in [2.05, 4.69) is 0 Å². The second-order valence-electron chi connectivity index (χ2n) is 3.96. The molecule has 0 fully saturated rings. The summed E-state index contributed by atoms with van der Waals surface area (Å²) in [5.74, 6) is -0.824. The van der Waals surface area contributed by atoms with Crippen LogP contribution >= 0.6 is 0 Å². The summed E-state index contributed by atoms with van der Waals surface area (Å²) >= 11 is 0. The molecule has 5 heteroatoms. The van der Waals surface area contributed by atoms with Crippen molar-refractivity contribution < 1.29 is 24.9 Å². The molecule has 0 amide bonds. The van der Waals surface area contributed by atoms with E-state index < -0.39 is 12.1 Å². The van der Waals surface area contributed by atoms with Gasteiger partial charge in [-0.3, -0.25) is 0 Å². The Balaban J connectivity index is 3.08. The SMILES string of the molecule is COc1cc(C=C(CC(C)O)C(=O)O)ccc1O. The van der Waals surface area contributed by atoms with Crippen LogP contribution in [0.1, 0.15) is 18.9 Å². The van der Waals surface area contributed by atoms with Gasteiger partial charge in [0.05, 0.1) is 13.2 Å². The minimum absolute atomic E-state index is 0.0120. The monoisotopic (exact) mass is 252 g/mol. The highest BCUT2D eigenvalue weighted by molar-refractivity contribution is 5.92. The molecule has 0 aromatic heterocycles. The Labute approximate surface area is 105 Å². The van der Waals surface area contributed by atoms with Gasteiger partial charge in [-0.2, -0.15) is 0 Å². The van der Waals surface area contributed by atoms with Crippen molar-refractivity contribution in [2.45, 2.75) is 19.4 Å². The Morgan fingerprint density at radius 1 is 1.50 bits per heavy atom. The molecule has 3 N–H and O–H groups in total. The molecule has 18 heavy (non-hydrogen) atoms. The van der Waals surface area contributed by atoms with Gasteiger partial charge in [0, 0.05) is 12.0 Å². The number of hydrogen-bond acceptors (Lipinski definition) is 4. The molecule has 1 aromatic rings. The predicted molar refractivity (Wildman–Crippen MR) is 66.6 cm³/mol. The van der Waals surface area contributed by atoms with Crippen LogP contribution in [-0.4, -0.2) is 34.5 Å². The van der Waals surface area contributed by atoms with E-state index >= 15 is 0 Å². The molecule has 1 aromatic carbocycles. The smallest absolute Gasteiger partial charge is 0.331 e. The number of carboxylic acid groups (broad SMARTS) is 1. The first kappa shape index (κ1) is 14.1. The highest BCUT2D eigenvalue weighted by Crippen LogP contribution is 2.27. The highest BCUT2D eigenvalue weighted by Gasteiger charge is 2.11.